The van der Waals surface area contributed by atoms with Crippen molar-refractivity contribution in [2.45, 2.75) is 0 Å². The Morgan fingerprint density at radius 3 is 2.45 bits per heavy atom. The molecule has 0 N–H and O–H groups in total. The van der Waals surface area contributed by atoms with E-state index >= 15 is 0 Å². The molecule has 4 nitrogen and oxygen atoms in total. The summed E-state index contributed by atoms with van der Waals surface area (Å²) < 4.78 is 11.0. The molecule has 0 unspecified atom stereocenters. The second kappa shape index (κ2) is 7.31. The normalized spacial score (nSPS) is 10.4. The SMILES string of the molecule is COC(=O)c1sc(Br)c(Br)c1OC(=O)c1ccc(Cl)cc1Cl. The Bertz CT molecular complexity index is 761. The lowest BCUT2D eigenvalue weighted by atomic mass is 10.2. The van der Waals surface area contributed by atoms with Gasteiger partial charge in [0, 0.05) is 5.02 Å². The van der Waals surface area contributed by atoms with Gasteiger partial charge < -0.3 is 9.47 Å². The maximum Gasteiger partial charge on any atom is 0.352 e. The van der Waals surface area contributed by atoms with Crippen molar-refractivity contribution in [3.05, 3.63) is 46.9 Å². The minimum Gasteiger partial charge on any atom is -0.465 e. The van der Waals surface area contributed by atoms with E-state index in [0.29, 0.717) is 13.3 Å². The Labute approximate surface area is 156 Å². The molecule has 0 amide bonds. The Hall–Kier alpha value is -0.600. The summed E-state index contributed by atoms with van der Waals surface area (Å²) in [5.74, 6) is -1.25. The molecule has 1 heterocycles. The number of hydrogen-bond donors (Lipinski definition) is 0. The Kier molecular flexibility index (Phi) is 5.90. The number of halogens is 4. The van der Waals surface area contributed by atoms with Gasteiger partial charge in [0.1, 0.15) is 0 Å². The zero-order valence-electron chi connectivity index (χ0n) is 10.8. The summed E-state index contributed by atoms with van der Waals surface area (Å²) in [6.45, 7) is 0. The summed E-state index contributed by atoms with van der Waals surface area (Å²) in [6.07, 6.45) is 0. The Morgan fingerprint density at radius 1 is 1.18 bits per heavy atom. The van der Waals surface area contributed by atoms with Crippen molar-refractivity contribution in [1.82, 2.24) is 0 Å². The number of carbonyl (C=O) groups excluding carboxylic acids is 2. The number of benzene rings is 1. The van der Waals surface area contributed by atoms with E-state index in [-0.39, 0.29) is 21.2 Å². The highest BCUT2D eigenvalue weighted by molar-refractivity contribution is 9.13. The molecule has 9 heteroatoms. The number of hydrogen-bond acceptors (Lipinski definition) is 5. The molecule has 0 aliphatic rings. The number of rotatable bonds is 3. The van der Waals surface area contributed by atoms with Crippen LogP contribution in [-0.4, -0.2) is 19.0 Å². The number of esters is 2. The maximum absolute atomic E-state index is 12.2. The minimum absolute atomic E-state index is 0.0692. The predicted molar refractivity (Wildman–Crippen MR) is 92.5 cm³/mol. The van der Waals surface area contributed by atoms with Crippen molar-refractivity contribution in [3.63, 3.8) is 0 Å². The second-order valence-corrected chi connectivity index (χ2v) is 7.83. The van der Waals surface area contributed by atoms with E-state index in [2.05, 4.69) is 36.6 Å². The highest BCUT2D eigenvalue weighted by Gasteiger charge is 2.26. The van der Waals surface area contributed by atoms with E-state index in [0.717, 1.165) is 11.3 Å². The van der Waals surface area contributed by atoms with Crippen LogP contribution in [0.15, 0.2) is 26.5 Å². The quantitative estimate of drug-likeness (QED) is 0.529. The maximum atomic E-state index is 12.2. The van der Waals surface area contributed by atoms with Gasteiger partial charge in [0.15, 0.2) is 10.6 Å². The smallest absolute Gasteiger partial charge is 0.352 e. The largest absolute Gasteiger partial charge is 0.465 e. The van der Waals surface area contributed by atoms with Gasteiger partial charge in [-0.2, -0.15) is 0 Å². The summed E-state index contributed by atoms with van der Waals surface area (Å²) in [7, 11) is 1.24. The summed E-state index contributed by atoms with van der Waals surface area (Å²) in [5.41, 5.74) is 0.135. The molecule has 0 saturated heterocycles. The van der Waals surface area contributed by atoms with E-state index in [9.17, 15) is 9.59 Å². The molecular formula is C13H6Br2Cl2O4S. The number of methoxy groups -OCH3 is 1. The molecule has 116 valence electrons. The molecule has 22 heavy (non-hydrogen) atoms. The van der Waals surface area contributed by atoms with Crippen LogP contribution in [0.3, 0.4) is 0 Å². The lowest BCUT2D eigenvalue weighted by Crippen LogP contribution is -2.11. The van der Waals surface area contributed by atoms with E-state index in [4.69, 9.17) is 27.9 Å². The fourth-order valence-electron chi connectivity index (χ4n) is 1.49. The number of carbonyl (C=O) groups is 2. The van der Waals surface area contributed by atoms with Gasteiger partial charge in [-0.05, 0) is 50.1 Å². The molecule has 2 aromatic rings. The molecule has 0 bridgehead atoms. The van der Waals surface area contributed by atoms with Gasteiger partial charge in [0.05, 0.1) is 26.0 Å². The van der Waals surface area contributed by atoms with Crippen molar-refractivity contribution in [2.24, 2.45) is 0 Å². The van der Waals surface area contributed by atoms with E-state index < -0.39 is 11.9 Å². The monoisotopic (exact) mass is 486 g/mol. The van der Waals surface area contributed by atoms with Gasteiger partial charge in [-0.15, -0.1) is 11.3 Å². The third-order valence-electron chi connectivity index (χ3n) is 2.49. The van der Waals surface area contributed by atoms with E-state index in [1.807, 2.05) is 0 Å². The second-order valence-electron chi connectivity index (χ2n) is 3.85. The zero-order chi connectivity index (χ0) is 16.4. The Morgan fingerprint density at radius 2 is 1.86 bits per heavy atom. The molecular weight excluding hydrogens is 483 g/mol. The van der Waals surface area contributed by atoms with Crippen molar-refractivity contribution < 1.29 is 19.1 Å². The fourth-order valence-corrected chi connectivity index (χ4v) is 4.06. The van der Waals surface area contributed by atoms with Crippen LogP contribution in [0.4, 0.5) is 0 Å². The van der Waals surface area contributed by atoms with Crippen LogP contribution < -0.4 is 4.74 Å². The fraction of sp³-hybridized carbons (Fsp3) is 0.0769. The molecule has 1 aromatic carbocycles. The first-order valence-corrected chi connectivity index (χ1v) is 8.74. The van der Waals surface area contributed by atoms with E-state index in [1.54, 1.807) is 0 Å². The first-order valence-electron chi connectivity index (χ1n) is 5.58. The van der Waals surface area contributed by atoms with Crippen LogP contribution in [0.25, 0.3) is 0 Å². The van der Waals surface area contributed by atoms with Crippen LogP contribution in [0.2, 0.25) is 10.0 Å². The van der Waals surface area contributed by atoms with Gasteiger partial charge in [0.25, 0.3) is 0 Å². The summed E-state index contributed by atoms with van der Waals surface area (Å²) in [6, 6.07) is 4.39. The van der Waals surface area contributed by atoms with Crippen LogP contribution >= 0.6 is 66.4 Å². The lowest BCUT2D eigenvalue weighted by molar-refractivity contribution is 0.0599. The third-order valence-corrected chi connectivity index (χ3v) is 6.41. The van der Waals surface area contributed by atoms with Crippen molar-refractivity contribution in [2.75, 3.05) is 7.11 Å². The molecule has 0 atom stereocenters. The van der Waals surface area contributed by atoms with Crippen molar-refractivity contribution in [3.8, 4) is 5.75 Å². The average Bonchev–Trinajstić information content (AvgIpc) is 2.74. The highest BCUT2D eigenvalue weighted by atomic mass is 79.9. The van der Waals surface area contributed by atoms with Crippen LogP contribution in [0.5, 0.6) is 5.75 Å². The van der Waals surface area contributed by atoms with Gasteiger partial charge in [-0.25, -0.2) is 9.59 Å². The summed E-state index contributed by atoms with van der Waals surface area (Å²) in [4.78, 5) is 24.1. The summed E-state index contributed by atoms with van der Waals surface area (Å²) >= 11 is 19.4. The third kappa shape index (κ3) is 3.65. The highest BCUT2D eigenvalue weighted by Crippen LogP contribution is 2.44. The van der Waals surface area contributed by atoms with Crippen LogP contribution in [0, 0.1) is 0 Å². The standard InChI is InChI=1S/C13H6Br2Cl2O4S/c1-20-13(19)10-9(8(14)11(15)22-10)21-12(18)6-3-2-5(16)4-7(6)17/h2-4H,1H3. The molecule has 0 fully saturated rings. The topological polar surface area (TPSA) is 52.6 Å². The average molecular weight is 489 g/mol. The predicted octanol–water partition coefficient (Wildman–Crippen LogP) is 5.59. The Balaban J connectivity index is 2.38. The van der Waals surface area contributed by atoms with Gasteiger partial charge in [0.2, 0.25) is 0 Å². The first-order chi connectivity index (χ1) is 10.3. The number of ether oxygens (including phenoxy) is 2. The zero-order valence-corrected chi connectivity index (χ0v) is 16.3. The molecule has 0 saturated carbocycles. The lowest BCUT2D eigenvalue weighted by Gasteiger charge is -2.07. The van der Waals surface area contributed by atoms with Gasteiger partial charge >= 0.3 is 11.9 Å². The first kappa shape index (κ1) is 17.7. The molecule has 0 aliphatic carbocycles. The minimum atomic E-state index is -0.710. The van der Waals surface area contributed by atoms with Crippen molar-refractivity contribution in [1.29, 1.82) is 0 Å². The molecule has 0 aliphatic heterocycles. The molecule has 2 rings (SSSR count). The molecule has 1 aromatic heterocycles. The van der Waals surface area contributed by atoms with Crippen LogP contribution in [-0.2, 0) is 4.74 Å². The van der Waals surface area contributed by atoms with E-state index in [1.165, 1.54) is 25.3 Å². The summed E-state index contributed by atoms with van der Waals surface area (Å²) in [5, 5.41) is 0.554. The van der Waals surface area contributed by atoms with Gasteiger partial charge in [-0.1, -0.05) is 23.2 Å². The molecule has 0 spiro atoms. The molecule has 0 radical (unpaired) electrons. The number of thiophene rings is 1. The van der Waals surface area contributed by atoms with Gasteiger partial charge in [-0.3, -0.25) is 0 Å². The van der Waals surface area contributed by atoms with Crippen molar-refractivity contribution >= 4 is 78.3 Å². The van der Waals surface area contributed by atoms with Crippen LogP contribution in [0.1, 0.15) is 20.0 Å².